The van der Waals surface area contributed by atoms with E-state index in [9.17, 15) is 4.79 Å². The number of aliphatic hydroxyl groups is 1. The lowest BCUT2D eigenvalue weighted by atomic mass is 10.3. The van der Waals surface area contributed by atoms with E-state index in [0.29, 0.717) is 24.5 Å². The summed E-state index contributed by atoms with van der Waals surface area (Å²) in [4.78, 5) is 17.4. The minimum atomic E-state index is -0.240. The number of aromatic nitrogens is 1. The van der Waals surface area contributed by atoms with Crippen LogP contribution < -0.4 is 5.73 Å². The molecule has 0 aromatic carbocycles. The van der Waals surface area contributed by atoms with Gasteiger partial charge in [-0.15, -0.1) is 0 Å². The first-order valence-electron chi connectivity index (χ1n) is 5.29. The van der Waals surface area contributed by atoms with E-state index in [2.05, 4.69) is 4.98 Å². The fourth-order valence-corrected chi connectivity index (χ4v) is 1.33. The molecule has 0 aliphatic rings. The largest absolute Gasteiger partial charge is 0.397 e. The van der Waals surface area contributed by atoms with Gasteiger partial charge in [-0.3, -0.25) is 4.79 Å². The molecule has 0 atom stereocenters. The van der Waals surface area contributed by atoms with E-state index in [1.807, 2.05) is 0 Å². The lowest BCUT2D eigenvalue weighted by Crippen LogP contribution is -2.36. The number of amides is 1. The van der Waals surface area contributed by atoms with Gasteiger partial charge in [-0.1, -0.05) is 0 Å². The molecule has 1 aromatic rings. The predicted octanol–water partition coefficient (Wildman–Crippen LogP) is -0.255. The van der Waals surface area contributed by atoms with Crippen LogP contribution in [0.15, 0.2) is 18.3 Å². The molecule has 0 unspecified atom stereocenters. The van der Waals surface area contributed by atoms with Crippen molar-refractivity contribution >= 4 is 11.6 Å². The second-order valence-corrected chi connectivity index (χ2v) is 3.49. The molecule has 0 saturated carbocycles. The highest BCUT2D eigenvalue weighted by molar-refractivity contribution is 5.92. The molecule has 94 valence electrons. The molecule has 0 aliphatic carbocycles. The molecule has 0 radical (unpaired) electrons. The van der Waals surface area contributed by atoms with Crippen molar-refractivity contribution in [1.29, 1.82) is 0 Å². The lowest BCUT2D eigenvalue weighted by Gasteiger charge is -2.20. The number of carbonyl (C=O) groups is 1. The number of nitrogens with zero attached hydrogens (tertiary/aromatic N) is 2. The SMILES string of the molecule is COCCN(CCO)C(=O)c1ccc(N)cn1. The van der Waals surface area contributed by atoms with Crippen molar-refractivity contribution in [3.8, 4) is 0 Å². The molecule has 0 fully saturated rings. The van der Waals surface area contributed by atoms with Crippen molar-refractivity contribution in [2.45, 2.75) is 0 Å². The van der Waals surface area contributed by atoms with Gasteiger partial charge >= 0.3 is 0 Å². The second-order valence-electron chi connectivity index (χ2n) is 3.49. The standard InChI is InChI=1S/C11H17N3O3/c1-17-7-5-14(4-6-15)11(16)10-3-2-9(12)8-13-10/h2-3,8,15H,4-7,12H2,1H3. The van der Waals surface area contributed by atoms with Crippen LogP contribution in [0, 0.1) is 0 Å². The highest BCUT2D eigenvalue weighted by Gasteiger charge is 2.15. The van der Waals surface area contributed by atoms with Gasteiger partial charge in [-0.25, -0.2) is 4.98 Å². The first-order chi connectivity index (χ1) is 8.19. The number of aliphatic hydroxyl groups excluding tert-OH is 1. The number of nitrogens with two attached hydrogens (primary N) is 1. The van der Waals surface area contributed by atoms with Crippen LogP contribution in [0.4, 0.5) is 5.69 Å². The zero-order valence-electron chi connectivity index (χ0n) is 9.80. The van der Waals surface area contributed by atoms with Crippen molar-refractivity contribution in [3.05, 3.63) is 24.0 Å². The Morgan fingerprint density at radius 1 is 1.53 bits per heavy atom. The molecule has 6 nitrogen and oxygen atoms in total. The molecule has 0 bridgehead atoms. The highest BCUT2D eigenvalue weighted by Crippen LogP contribution is 2.05. The Bertz CT molecular complexity index is 353. The smallest absolute Gasteiger partial charge is 0.272 e. The average molecular weight is 239 g/mol. The van der Waals surface area contributed by atoms with Gasteiger partial charge < -0.3 is 20.5 Å². The Kier molecular flexibility index (Phi) is 5.38. The Morgan fingerprint density at radius 3 is 2.82 bits per heavy atom. The Labute approximate surface area is 100 Å². The van der Waals surface area contributed by atoms with Gasteiger partial charge in [0, 0.05) is 20.2 Å². The van der Waals surface area contributed by atoms with Gasteiger partial charge in [-0.2, -0.15) is 0 Å². The minimum absolute atomic E-state index is 0.0928. The third-order valence-electron chi connectivity index (χ3n) is 2.23. The summed E-state index contributed by atoms with van der Waals surface area (Å²) in [7, 11) is 1.56. The summed E-state index contributed by atoms with van der Waals surface area (Å²) in [5, 5.41) is 8.90. The zero-order chi connectivity index (χ0) is 12.7. The maximum absolute atomic E-state index is 12.0. The molecule has 3 N–H and O–H groups in total. The van der Waals surface area contributed by atoms with Gasteiger partial charge in [0.2, 0.25) is 0 Å². The first kappa shape index (κ1) is 13.4. The third kappa shape index (κ3) is 4.01. The van der Waals surface area contributed by atoms with Crippen molar-refractivity contribution in [3.63, 3.8) is 0 Å². The van der Waals surface area contributed by atoms with Crippen LogP contribution in [0.25, 0.3) is 0 Å². The molecule has 0 saturated heterocycles. The maximum atomic E-state index is 12.0. The van der Waals surface area contributed by atoms with Gasteiger partial charge in [0.15, 0.2) is 0 Å². The van der Waals surface area contributed by atoms with E-state index in [-0.39, 0.29) is 19.1 Å². The van der Waals surface area contributed by atoms with E-state index in [1.165, 1.54) is 11.1 Å². The maximum Gasteiger partial charge on any atom is 0.272 e. The van der Waals surface area contributed by atoms with Gasteiger partial charge in [-0.05, 0) is 12.1 Å². The van der Waals surface area contributed by atoms with Crippen LogP contribution in [0.2, 0.25) is 0 Å². The average Bonchev–Trinajstić information content (AvgIpc) is 2.34. The number of anilines is 1. The summed E-state index contributed by atoms with van der Waals surface area (Å²) in [6.07, 6.45) is 1.43. The molecular formula is C11H17N3O3. The monoisotopic (exact) mass is 239 g/mol. The van der Waals surface area contributed by atoms with Gasteiger partial charge in [0.05, 0.1) is 25.1 Å². The van der Waals surface area contributed by atoms with Crippen molar-refractivity contribution in [2.75, 3.05) is 39.1 Å². The number of nitrogen functional groups attached to an aromatic ring is 1. The third-order valence-corrected chi connectivity index (χ3v) is 2.23. The fraction of sp³-hybridized carbons (Fsp3) is 0.455. The van der Waals surface area contributed by atoms with Crippen molar-refractivity contribution in [2.24, 2.45) is 0 Å². The van der Waals surface area contributed by atoms with E-state index in [0.717, 1.165) is 0 Å². The van der Waals surface area contributed by atoms with Gasteiger partial charge in [0.1, 0.15) is 5.69 Å². The van der Waals surface area contributed by atoms with Crippen molar-refractivity contribution < 1.29 is 14.6 Å². The highest BCUT2D eigenvalue weighted by atomic mass is 16.5. The molecule has 0 aliphatic heterocycles. The first-order valence-corrected chi connectivity index (χ1v) is 5.29. The number of carbonyl (C=O) groups excluding carboxylic acids is 1. The van der Waals surface area contributed by atoms with E-state index >= 15 is 0 Å². The number of pyridine rings is 1. The van der Waals surface area contributed by atoms with Crippen LogP contribution in [0.3, 0.4) is 0 Å². The summed E-state index contributed by atoms with van der Waals surface area (Å²) < 4.78 is 4.91. The van der Waals surface area contributed by atoms with Crippen LogP contribution in [0.5, 0.6) is 0 Å². The van der Waals surface area contributed by atoms with Crippen molar-refractivity contribution in [1.82, 2.24) is 9.88 Å². The normalized spacial score (nSPS) is 10.2. The molecule has 1 aromatic heterocycles. The van der Waals surface area contributed by atoms with Crippen LogP contribution >= 0.6 is 0 Å². The topological polar surface area (TPSA) is 88.7 Å². The van der Waals surface area contributed by atoms with Gasteiger partial charge in [0.25, 0.3) is 5.91 Å². The summed E-state index contributed by atoms with van der Waals surface area (Å²) >= 11 is 0. The minimum Gasteiger partial charge on any atom is -0.397 e. The summed E-state index contributed by atoms with van der Waals surface area (Å²) in [5.74, 6) is -0.240. The Morgan fingerprint density at radius 2 is 2.29 bits per heavy atom. The summed E-state index contributed by atoms with van der Waals surface area (Å²) in [6, 6.07) is 3.18. The van der Waals surface area contributed by atoms with E-state index in [1.54, 1.807) is 19.2 Å². The van der Waals surface area contributed by atoms with Crippen LogP contribution in [0.1, 0.15) is 10.5 Å². The molecule has 1 heterocycles. The number of rotatable bonds is 6. The van der Waals surface area contributed by atoms with E-state index in [4.69, 9.17) is 15.6 Å². The molecular weight excluding hydrogens is 222 g/mol. The zero-order valence-corrected chi connectivity index (χ0v) is 9.80. The number of methoxy groups -OCH3 is 1. The number of hydrogen-bond acceptors (Lipinski definition) is 5. The number of ether oxygens (including phenoxy) is 1. The quantitative estimate of drug-likeness (QED) is 0.714. The predicted molar refractivity (Wildman–Crippen MR) is 63.5 cm³/mol. The Balaban J connectivity index is 2.72. The van der Waals surface area contributed by atoms with Crippen LogP contribution in [-0.4, -0.2) is 54.3 Å². The fourth-order valence-electron chi connectivity index (χ4n) is 1.33. The van der Waals surface area contributed by atoms with Crippen LogP contribution in [-0.2, 0) is 4.74 Å². The molecule has 1 rings (SSSR count). The Hall–Kier alpha value is -1.66. The molecule has 6 heteroatoms. The summed E-state index contributed by atoms with van der Waals surface area (Å²) in [5.41, 5.74) is 6.31. The second kappa shape index (κ2) is 6.82. The molecule has 0 spiro atoms. The molecule has 1 amide bonds. The van der Waals surface area contributed by atoms with E-state index < -0.39 is 0 Å². The lowest BCUT2D eigenvalue weighted by molar-refractivity contribution is 0.0651. The number of hydrogen-bond donors (Lipinski definition) is 2. The summed E-state index contributed by atoms with van der Waals surface area (Å²) in [6.45, 7) is 1.00. The molecule has 17 heavy (non-hydrogen) atoms.